The molecule has 0 saturated heterocycles. The van der Waals surface area contributed by atoms with Crippen molar-refractivity contribution in [3.63, 3.8) is 0 Å². The molecule has 0 aromatic heterocycles. The van der Waals surface area contributed by atoms with E-state index in [1.165, 1.54) is 170 Å². The molecule has 0 aliphatic rings. The number of rotatable bonds is 39. The first-order chi connectivity index (χ1) is 40.6. The molecule has 0 aliphatic carbocycles. The van der Waals surface area contributed by atoms with E-state index in [4.69, 9.17) is 25.1 Å². The fourth-order valence-electron chi connectivity index (χ4n) is 10.6. The van der Waals surface area contributed by atoms with Gasteiger partial charge in [0, 0.05) is 22.7 Å². The Kier molecular flexibility index (Phi) is 42.2. The van der Waals surface area contributed by atoms with Gasteiger partial charge in [0.15, 0.2) is 11.5 Å². The summed E-state index contributed by atoms with van der Waals surface area (Å²) in [5.74, 6) is -0.973. The summed E-state index contributed by atoms with van der Waals surface area (Å²) < 4.78 is 0. The Morgan fingerprint density at radius 2 is 0.857 bits per heavy atom. The summed E-state index contributed by atoms with van der Waals surface area (Å²) in [6.07, 6.45) is 38.0. The molecule has 0 amide bonds. The number of carboxylic acids is 1. The van der Waals surface area contributed by atoms with Gasteiger partial charge in [-0.25, -0.2) is 4.79 Å². The molecule has 2 atom stereocenters. The molecule has 0 fully saturated rings. The summed E-state index contributed by atoms with van der Waals surface area (Å²) in [7, 11) is 0. The number of carboxylic acid groups (broad SMARTS) is 1. The number of para-hydroxylation sites is 4. The summed E-state index contributed by atoms with van der Waals surface area (Å²) in [5.41, 5.74) is 11.0. The molecular weight excluding hydrogens is 1080 g/mol. The van der Waals surface area contributed by atoms with Gasteiger partial charge in [-0.1, -0.05) is 250 Å². The average Bonchev–Trinajstić information content (AvgIpc) is 3.37. The number of hydrogen-bond acceptors (Lipinski definition) is 7. The Morgan fingerprint density at radius 3 is 1.32 bits per heavy atom. The number of hydrogen-bond donors (Lipinski definition) is 3. The molecule has 5 rings (SSSR count). The molecule has 8 nitrogen and oxygen atoms in total. The van der Waals surface area contributed by atoms with Gasteiger partial charge >= 0.3 is 5.97 Å². The molecule has 0 spiro atoms. The van der Waals surface area contributed by atoms with Crippen molar-refractivity contribution in [2.24, 2.45) is 20.0 Å². The first-order valence-electron chi connectivity index (χ1n) is 32.9. The first kappa shape index (κ1) is 74.4. The second-order valence-electron chi connectivity index (χ2n) is 22.5. The van der Waals surface area contributed by atoms with Gasteiger partial charge < -0.3 is 15.3 Å². The molecular formula is C75H110N4NiO4. The maximum atomic E-state index is 10.9. The van der Waals surface area contributed by atoms with E-state index in [9.17, 15) is 15.0 Å². The quantitative estimate of drug-likeness (QED) is 0.0157. The van der Waals surface area contributed by atoms with E-state index in [0.29, 0.717) is 23.8 Å². The molecule has 84 heavy (non-hydrogen) atoms. The van der Waals surface area contributed by atoms with E-state index in [1.54, 1.807) is 0 Å². The van der Waals surface area contributed by atoms with Gasteiger partial charge in [0.25, 0.3) is 0 Å². The van der Waals surface area contributed by atoms with Crippen molar-refractivity contribution in [3.05, 3.63) is 144 Å². The Balaban J connectivity index is 0.000000498. The maximum absolute atomic E-state index is 10.9. The average molecular weight is 1190 g/mol. The van der Waals surface area contributed by atoms with E-state index in [2.05, 4.69) is 127 Å². The molecule has 0 heterocycles. The van der Waals surface area contributed by atoms with E-state index in [-0.39, 0.29) is 22.1 Å². The number of nitrogens with zero attached hydrogens (tertiary/aromatic N) is 4. The molecule has 5 aromatic rings. The predicted octanol–water partition coefficient (Wildman–Crippen LogP) is 23.7. The largest absolute Gasteiger partial charge is 0.504 e. The van der Waals surface area contributed by atoms with Gasteiger partial charge in [-0.05, 0) is 148 Å². The number of phenolic OH excluding ortho intramolecular Hbond substituents is 1. The number of aryl methyl sites for hydroxylation is 1. The minimum Gasteiger partial charge on any atom is -0.504 e. The number of unbranched alkanes of at least 4 members (excludes halogenated alkanes) is 14. The minimum atomic E-state index is -1.21. The number of aliphatic imine (C=N–C) groups is 4. The number of benzene rings is 5. The second-order valence-corrected chi connectivity index (χ2v) is 22.5. The van der Waals surface area contributed by atoms with Crippen LogP contribution in [0.15, 0.2) is 141 Å². The minimum absolute atomic E-state index is 0. The van der Waals surface area contributed by atoms with Crippen LogP contribution in [0.1, 0.15) is 280 Å². The Labute approximate surface area is 520 Å². The fourth-order valence-corrected chi connectivity index (χ4v) is 10.6. The van der Waals surface area contributed by atoms with Gasteiger partial charge in [0.2, 0.25) is 0 Å². The Bertz CT molecular complexity index is 2550. The zero-order valence-corrected chi connectivity index (χ0v) is 54.3. The second kappa shape index (κ2) is 47.6. The van der Waals surface area contributed by atoms with Crippen LogP contribution in [0, 0.1) is 0 Å². The normalized spacial score (nSPS) is 12.5. The van der Waals surface area contributed by atoms with Gasteiger partial charge in [-0.15, -0.1) is 0 Å². The van der Waals surface area contributed by atoms with Gasteiger partial charge in [0.05, 0.1) is 39.9 Å². The van der Waals surface area contributed by atoms with Crippen LogP contribution in [0.2, 0.25) is 0 Å². The summed E-state index contributed by atoms with van der Waals surface area (Å²) in [5, 5.41) is 27.5. The van der Waals surface area contributed by atoms with E-state index < -0.39 is 17.5 Å². The van der Waals surface area contributed by atoms with Crippen LogP contribution >= 0.6 is 0 Å². The Hall–Kier alpha value is -5.66. The van der Waals surface area contributed by atoms with Crippen molar-refractivity contribution in [2.45, 2.75) is 260 Å². The summed E-state index contributed by atoms with van der Waals surface area (Å²) in [6, 6.07) is 41.2. The van der Waals surface area contributed by atoms with Crippen LogP contribution in [-0.2, 0) is 22.9 Å². The Morgan fingerprint density at radius 1 is 0.429 bits per heavy atom. The molecule has 5 aromatic carbocycles. The van der Waals surface area contributed by atoms with Crippen molar-refractivity contribution >= 4 is 52.1 Å². The number of phenols is 2. The van der Waals surface area contributed by atoms with Crippen molar-refractivity contribution in [3.8, 4) is 11.5 Å². The van der Waals surface area contributed by atoms with Crippen LogP contribution < -0.4 is 0 Å². The molecule has 464 valence electrons. The third kappa shape index (κ3) is 29.9. The summed E-state index contributed by atoms with van der Waals surface area (Å²) in [6.45, 7) is 18.0. The van der Waals surface area contributed by atoms with Gasteiger partial charge in [-0.3, -0.25) is 20.0 Å². The van der Waals surface area contributed by atoms with Crippen LogP contribution in [0.5, 0.6) is 11.5 Å². The van der Waals surface area contributed by atoms with Crippen LogP contribution in [0.3, 0.4) is 0 Å². The van der Waals surface area contributed by atoms with Crippen molar-refractivity contribution in [2.75, 3.05) is 0 Å². The van der Waals surface area contributed by atoms with E-state index in [1.807, 2.05) is 43.3 Å². The molecule has 2 unspecified atom stereocenters. The molecule has 0 saturated carbocycles. The SMILES string of the molecule is CCCCC(=Nc1ccccc1)C(CCCC)=Nc1ccccc1.CCCCCCCC(CCC)c1ccccc1N=CC(CCCCCC)=Nc1ccccc1C(CCC)CCCCCCC.CCCCc1ccc(O)c(O)c1C(=O)O.[Ni]. The topological polar surface area (TPSA) is 127 Å². The van der Waals surface area contributed by atoms with E-state index >= 15 is 0 Å². The molecule has 3 N–H and O–H groups in total. The zero-order valence-electron chi connectivity index (χ0n) is 53.3. The van der Waals surface area contributed by atoms with Crippen molar-refractivity contribution < 1.29 is 36.6 Å². The third-order valence-electron chi connectivity index (χ3n) is 15.4. The smallest absolute Gasteiger partial charge is 0.339 e. The number of aromatic hydroxyl groups is 2. The van der Waals surface area contributed by atoms with Gasteiger partial charge in [0.1, 0.15) is 5.56 Å². The van der Waals surface area contributed by atoms with Gasteiger partial charge in [-0.2, -0.15) is 0 Å². The molecule has 9 heteroatoms. The summed E-state index contributed by atoms with van der Waals surface area (Å²) in [4.78, 5) is 31.3. The van der Waals surface area contributed by atoms with Crippen LogP contribution in [0.4, 0.5) is 22.7 Å². The summed E-state index contributed by atoms with van der Waals surface area (Å²) >= 11 is 0. The monoisotopic (exact) mass is 1190 g/mol. The standard InChI is InChI=1S/C42H68N2.C22H28N2.C11H14O4.Ni/c1-6-11-14-17-19-28-36(26-9-4)39-31-22-24-33-41(39)43-35-38(30-21-16-13-8-3)44-42-34-25-23-32-40(42)37(27-10-5)29-20-18-15-12-7-2;1-3-5-17-21(23-19-13-9-7-10-14-19)22(18-6-4-2)24-20-15-11-8-12-16-20;1-2-3-4-7-5-6-8(12)10(13)9(7)11(14)15;/h22-25,31-37H,6-21,26-30H2,1-5H3;7-16H,3-6,17-18H2,1-2H3;5-6,12-13H,2-4H2,1H3,(H,14,15);. The molecule has 0 bridgehead atoms. The van der Waals surface area contributed by atoms with Crippen molar-refractivity contribution in [1.29, 1.82) is 0 Å². The predicted molar refractivity (Wildman–Crippen MR) is 360 cm³/mol. The molecule has 0 aliphatic heterocycles. The number of aromatic carboxylic acids is 1. The van der Waals surface area contributed by atoms with E-state index in [0.717, 1.165) is 79.1 Å². The van der Waals surface area contributed by atoms with Crippen molar-refractivity contribution in [1.82, 2.24) is 0 Å². The maximum Gasteiger partial charge on any atom is 0.339 e. The third-order valence-corrected chi connectivity index (χ3v) is 15.4. The zero-order chi connectivity index (χ0) is 60.1. The number of carbonyl (C=O) groups is 1. The molecule has 0 radical (unpaired) electrons. The fraction of sp³-hybridized carbons (Fsp3) is 0.533. The van der Waals surface area contributed by atoms with Crippen LogP contribution in [0.25, 0.3) is 0 Å². The first-order valence-corrected chi connectivity index (χ1v) is 32.9. The van der Waals surface area contributed by atoms with Crippen LogP contribution in [-0.4, -0.2) is 44.6 Å².